The first-order valence-corrected chi connectivity index (χ1v) is 6.04. The molecule has 2 aromatic rings. The summed E-state index contributed by atoms with van der Waals surface area (Å²) < 4.78 is 7.56. The Hall–Kier alpha value is -1.46. The molecular weight excluding hydrogens is 216 g/mol. The summed E-state index contributed by atoms with van der Waals surface area (Å²) in [6, 6.07) is 5.91. The van der Waals surface area contributed by atoms with E-state index in [2.05, 4.69) is 15.5 Å². The van der Waals surface area contributed by atoms with Crippen LogP contribution < -0.4 is 5.32 Å². The van der Waals surface area contributed by atoms with Crippen LogP contribution in [-0.4, -0.2) is 33.9 Å². The highest BCUT2D eigenvalue weighted by molar-refractivity contribution is 5.36. The molecule has 0 bridgehead atoms. The molecule has 0 spiro atoms. The van der Waals surface area contributed by atoms with E-state index in [0.717, 1.165) is 37.6 Å². The number of hydrogen-bond donors (Lipinski definition) is 1. The van der Waals surface area contributed by atoms with Gasteiger partial charge in [-0.15, -0.1) is 10.2 Å². The van der Waals surface area contributed by atoms with Crippen LogP contribution in [0.3, 0.4) is 0 Å². The molecule has 17 heavy (non-hydrogen) atoms. The molecule has 1 unspecified atom stereocenters. The number of nitrogens with zero attached hydrogens (tertiary/aromatic N) is 3. The predicted molar refractivity (Wildman–Crippen MR) is 63.7 cm³/mol. The molecule has 1 atom stereocenters. The van der Waals surface area contributed by atoms with Crippen molar-refractivity contribution in [2.45, 2.75) is 25.5 Å². The summed E-state index contributed by atoms with van der Waals surface area (Å²) in [4.78, 5) is 0. The molecule has 3 heterocycles. The van der Waals surface area contributed by atoms with Crippen molar-refractivity contribution in [3.63, 3.8) is 0 Å². The molecule has 90 valence electrons. The Labute approximate surface area is 99.8 Å². The van der Waals surface area contributed by atoms with Gasteiger partial charge in [-0.25, -0.2) is 0 Å². The van der Waals surface area contributed by atoms with Gasteiger partial charge in [0.05, 0.1) is 12.6 Å². The lowest BCUT2D eigenvalue weighted by molar-refractivity contribution is 0.109. The Balaban J connectivity index is 1.60. The third-order valence-electron chi connectivity index (χ3n) is 3.06. The van der Waals surface area contributed by atoms with Gasteiger partial charge >= 0.3 is 0 Å². The Bertz CT molecular complexity index is 490. The van der Waals surface area contributed by atoms with Gasteiger partial charge in [-0.05, 0) is 25.0 Å². The first-order valence-electron chi connectivity index (χ1n) is 6.04. The maximum atomic E-state index is 5.55. The fourth-order valence-corrected chi connectivity index (χ4v) is 2.16. The normalized spacial score (nSPS) is 20.1. The highest BCUT2D eigenvalue weighted by atomic mass is 16.5. The smallest absolute Gasteiger partial charge is 0.160 e. The molecule has 5 nitrogen and oxygen atoms in total. The minimum atomic E-state index is 0.370. The second-order valence-electron chi connectivity index (χ2n) is 4.31. The highest BCUT2D eigenvalue weighted by Gasteiger charge is 2.14. The van der Waals surface area contributed by atoms with Crippen molar-refractivity contribution in [1.29, 1.82) is 0 Å². The zero-order valence-electron chi connectivity index (χ0n) is 9.67. The summed E-state index contributed by atoms with van der Waals surface area (Å²) in [6.45, 7) is 2.52. The molecule has 0 saturated carbocycles. The molecule has 0 aliphatic carbocycles. The number of aromatic nitrogens is 3. The molecule has 0 amide bonds. The lowest BCUT2D eigenvalue weighted by Gasteiger charge is -2.09. The summed E-state index contributed by atoms with van der Waals surface area (Å²) >= 11 is 0. The van der Waals surface area contributed by atoms with Crippen LogP contribution in [0.5, 0.6) is 0 Å². The minimum Gasteiger partial charge on any atom is -0.377 e. The van der Waals surface area contributed by atoms with Crippen LogP contribution in [0.4, 0.5) is 0 Å². The van der Waals surface area contributed by atoms with Crippen molar-refractivity contribution in [3.05, 3.63) is 30.2 Å². The Kier molecular flexibility index (Phi) is 3.02. The van der Waals surface area contributed by atoms with Gasteiger partial charge in [0.2, 0.25) is 0 Å². The van der Waals surface area contributed by atoms with E-state index >= 15 is 0 Å². The summed E-state index contributed by atoms with van der Waals surface area (Å²) in [6.07, 6.45) is 4.70. The molecule has 1 saturated heterocycles. The average molecular weight is 232 g/mol. The maximum Gasteiger partial charge on any atom is 0.160 e. The zero-order chi connectivity index (χ0) is 11.5. The quantitative estimate of drug-likeness (QED) is 0.854. The fourth-order valence-electron chi connectivity index (χ4n) is 2.16. The van der Waals surface area contributed by atoms with Gasteiger partial charge in [0.1, 0.15) is 0 Å². The average Bonchev–Trinajstić information content (AvgIpc) is 2.99. The van der Waals surface area contributed by atoms with Crippen molar-refractivity contribution in [2.24, 2.45) is 0 Å². The predicted octanol–water partition coefficient (Wildman–Crippen LogP) is 0.998. The van der Waals surface area contributed by atoms with E-state index in [1.165, 1.54) is 6.42 Å². The maximum absolute atomic E-state index is 5.55. The molecular formula is C12H16N4O. The monoisotopic (exact) mass is 232 g/mol. The molecule has 2 aromatic heterocycles. The Morgan fingerprint density at radius 3 is 3.29 bits per heavy atom. The Morgan fingerprint density at radius 1 is 1.41 bits per heavy atom. The lowest BCUT2D eigenvalue weighted by Crippen LogP contribution is -2.26. The topological polar surface area (TPSA) is 51.5 Å². The fraction of sp³-hybridized carbons (Fsp3) is 0.500. The van der Waals surface area contributed by atoms with E-state index in [0.29, 0.717) is 6.10 Å². The molecule has 0 radical (unpaired) electrons. The van der Waals surface area contributed by atoms with E-state index in [1.807, 2.05) is 28.8 Å². The zero-order valence-corrected chi connectivity index (χ0v) is 9.67. The number of fused-ring (bicyclic) bond motifs is 1. The van der Waals surface area contributed by atoms with Gasteiger partial charge in [0, 0.05) is 19.3 Å². The van der Waals surface area contributed by atoms with Gasteiger partial charge in [-0.2, -0.15) is 0 Å². The van der Waals surface area contributed by atoms with Crippen LogP contribution in [0.25, 0.3) is 5.65 Å². The van der Waals surface area contributed by atoms with Gasteiger partial charge in [0.15, 0.2) is 11.5 Å². The summed E-state index contributed by atoms with van der Waals surface area (Å²) in [5.74, 6) is 0.943. The van der Waals surface area contributed by atoms with Crippen molar-refractivity contribution >= 4 is 5.65 Å². The number of ether oxygens (including phenoxy) is 1. The summed E-state index contributed by atoms with van der Waals surface area (Å²) in [5, 5.41) is 11.7. The van der Waals surface area contributed by atoms with Crippen LogP contribution in [0, 0.1) is 0 Å². The lowest BCUT2D eigenvalue weighted by atomic mass is 10.2. The standard InChI is InChI=1S/C12H16N4O/c1-2-6-16-11(5-1)14-15-12(16)9-13-8-10-4-3-7-17-10/h1-2,5-6,10,13H,3-4,7-9H2. The van der Waals surface area contributed by atoms with Crippen molar-refractivity contribution in [1.82, 2.24) is 19.9 Å². The van der Waals surface area contributed by atoms with Crippen LogP contribution in [0.15, 0.2) is 24.4 Å². The second-order valence-corrected chi connectivity index (χ2v) is 4.31. The van der Waals surface area contributed by atoms with Gasteiger partial charge in [-0.3, -0.25) is 4.40 Å². The number of hydrogen-bond acceptors (Lipinski definition) is 4. The van der Waals surface area contributed by atoms with E-state index in [-0.39, 0.29) is 0 Å². The number of rotatable bonds is 4. The van der Waals surface area contributed by atoms with Gasteiger partial charge in [-0.1, -0.05) is 6.07 Å². The molecule has 0 aromatic carbocycles. The molecule has 5 heteroatoms. The Morgan fingerprint density at radius 2 is 2.41 bits per heavy atom. The molecule has 1 fully saturated rings. The van der Waals surface area contributed by atoms with Gasteiger partial charge in [0.25, 0.3) is 0 Å². The first-order chi connectivity index (χ1) is 8.43. The summed E-state index contributed by atoms with van der Waals surface area (Å²) in [7, 11) is 0. The molecule has 1 aliphatic rings. The van der Waals surface area contributed by atoms with E-state index in [9.17, 15) is 0 Å². The van der Waals surface area contributed by atoms with Crippen LogP contribution >= 0.6 is 0 Å². The minimum absolute atomic E-state index is 0.370. The largest absolute Gasteiger partial charge is 0.377 e. The van der Waals surface area contributed by atoms with E-state index in [1.54, 1.807) is 0 Å². The summed E-state index contributed by atoms with van der Waals surface area (Å²) in [5.41, 5.74) is 0.890. The van der Waals surface area contributed by atoms with Crippen molar-refractivity contribution < 1.29 is 4.74 Å². The van der Waals surface area contributed by atoms with Crippen molar-refractivity contribution in [2.75, 3.05) is 13.2 Å². The van der Waals surface area contributed by atoms with Crippen molar-refractivity contribution in [3.8, 4) is 0 Å². The molecule has 1 aliphatic heterocycles. The molecule has 1 N–H and O–H groups in total. The number of nitrogens with one attached hydrogen (secondary N) is 1. The first kappa shape index (κ1) is 10.7. The van der Waals surface area contributed by atoms with Gasteiger partial charge < -0.3 is 10.1 Å². The van der Waals surface area contributed by atoms with E-state index < -0.39 is 0 Å². The van der Waals surface area contributed by atoms with E-state index in [4.69, 9.17) is 4.74 Å². The molecule has 3 rings (SSSR count). The third-order valence-corrected chi connectivity index (χ3v) is 3.06. The van der Waals surface area contributed by atoms with Crippen LogP contribution in [0.2, 0.25) is 0 Å². The van der Waals surface area contributed by atoms with Crippen LogP contribution in [0.1, 0.15) is 18.7 Å². The highest BCUT2D eigenvalue weighted by Crippen LogP contribution is 2.10. The second kappa shape index (κ2) is 4.81. The third kappa shape index (κ3) is 2.30. The number of pyridine rings is 1. The SMILES string of the molecule is c1ccn2c(CNCC3CCCO3)nnc2c1. The van der Waals surface area contributed by atoms with Crippen LogP contribution in [-0.2, 0) is 11.3 Å².